The van der Waals surface area contributed by atoms with Crippen molar-refractivity contribution in [1.29, 1.82) is 0 Å². The van der Waals surface area contributed by atoms with Crippen LogP contribution in [0.15, 0.2) is 53.4 Å². The van der Waals surface area contributed by atoms with E-state index in [4.69, 9.17) is 9.47 Å². The number of nitrogens with zero attached hydrogens (tertiary/aromatic N) is 1. The SMILES string of the molecule is COc1ccc(S(=O)(=O)N(Cc2ccccc2C)CC2CO2)cc1. The highest BCUT2D eigenvalue weighted by atomic mass is 32.2. The molecule has 24 heavy (non-hydrogen) atoms. The minimum Gasteiger partial charge on any atom is -0.497 e. The first-order chi connectivity index (χ1) is 11.5. The maximum absolute atomic E-state index is 13.0. The number of aryl methyl sites for hydroxylation is 1. The molecule has 1 heterocycles. The molecule has 0 amide bonds. The molecule has 1 unspecified atom stereocenters. The van der Waals surface area contributed by atoms with E-state index >= 15 is 0 Å². The Labute approximate surface area is 142 Å². The van der Waals surface area contributed by atoms with Crippen molar-refractivity contribution < 1.29 is 17.9 Å². The van der Waals surface area contributed by atoms with Crippen LogP contribution in [0.5, 0.6) is 5.75 Å². The number of methoxy groups -OCH3 is 1. The van der Waals surface area contributed by atoms with Crippen LogP contribution in [0.3, 0.4) is 0 Å². The topological polar surface area (TPSA) is 59.1 Å². The zero-order chi connectivity index (χ0) is 17.2. The zero-order valence-electron chi connectivity index (χ0n) is 13.8. The van der Waals surface area contributed by atoms with Crippen molar-refractivity contribution in [2.45, 2.75) is 24.5 Å². The molecule has 1 saturated heterocycles. The van der Waals surface area contributed by atoms with Crippen LogP contribution in [-0.2, 0) is 21.3 Å². The third-order valence-electron chi connectivity index (χ3n) is 4.11. The second-order valence-electron chi connectivity index (χ2n) is 5.85. The number of benzene rings is 2. The van der Waals surface area contributed by atoms with E-state index in [0.717, 1.165) is 11.1 Å². The lowest BCUT2D eigenvalue weighted by Gasteiger charge is -2.22. The van der Waals surface area contributed by atoms with Crippen molar-refractivity contribution in [1.82, 2.24) is 4.31 Å². The molecule has 0 saturated carbocycles. The fourth-order valence-corrected chi connectivity index (χ4v) is 3.97. The summed E-state index contributed by atoms with van der Waals surface area (Å²) in [5, 5.41) is 0. The molecular weight excluding hydrogens is 326 g/mol. The summed E-state index contributed by atoms with van der Waals surface area (Å²) in [6.45, 7) is 3.30. The van der Waals surface area contributed by atoms with Crippen LogP contribution in [0, 0.1) is 6.92 Å². The van der Waals surface area contributed by atoms with E-state index in [1.807, 2.05) is 31.2 Å². The molecule has 1 aliphatic rings. The van der Waals surface area contributed by atoms with Crippen LogP contribution in [0.2, 0.25) is 0 Å². The van der Waals surface area contributed by atoms with Gasteiger partial charge < -0.3 is 9.47 Å². The number of epoxide rings is 1. The van der Waals surface area contributed by atoms with E-state index in [2.05, 4.69) is 0 Å². The van der Waals surface area contributed by atoms with Crippen molar-refractivity contribution in [3.63, 3.8) is 0 Å². The van der Waals surface area contributed by atoms with Crippen LogP contribution in [0.4, 0.5) is 0 Å². The zero-order valence-corrected chi connectivity index (χ0v) is 14.6. The van der Waals surface area contributed by atoms with Crippen LogP contribution >= 0.6 is 0 Å². The Bertz CT molecular complexity index is 798. The third-order valence-corrected chi connectivity index (χ3v) is 5.94. The first kappa shape index (κ1) is 17.0. The molecule has 1 aliphatic heterocycles. The lowest BCUT2D eigenvalue weighted by Crippen LogP contribution is -2.34. The van der Waals surface area contributed by atoms with Gasteiger partial charge in [-0.2, -0.15) is 4.31 Å². The molecule has 6 heteroatoms. The first-order valence-corrected chi connectivity index (χ1v) is 9.25. The number of sulfonamides is 1. The molecule has 0 spiro atoms. The molecule has 1 fully saturated rings. The summed E-state index contributed by atoms with van der Waals surface area (Å²) in [5.74, 6) is 0.630. The van der Waals surface area contributed by atoms with Crippen LogP contribution in [0.25, 0.3) is 0 Å². The lowest BCUT2D eigenvalue weighted by molar-refractivity contribution is 0.331. The Morgan fingerprint density at radius 1 is 1.17 bits per heavy atom. The summed E-state index contributed by atoms with van der Waals surface area (Å²) in [5.41, 5.74) is 2.07. The molecule has 0 bridgehead atoms. The maximum Gasteiger partial charge on any atom is 0.243 e. The van der Waals surface area contributed by atoms with Gasteiger partial charge in [0.2, 0.25) is 10.0 Å². The molecule has 0 N–H and O–H groups in total. The summed E-state index contributed by atoms with van der Waals surface area (Å²) < 4.78 is 37.9. The fourth-order valence-electron chi connectivity index (χ4n) is 2.52. The van der Waals surface area contributed by atoms with E-state index in [1.54, 1.807) is 31.4 Å². The van der Waals surface area contributed by atoms with Crippen LogP contribution in [0.1, 0.15) is 11.1 Å². The maximum atomic E-state index is 13.0. The molecule has 1 atom stereocenters. The molecule has 3 rings (SSSR count). The number of ether oxygens (including phenoxy) is 2. The molecule has 128 valence electrons. The Kier molecular flexibility index (Phi) is 4.89. The molecule has 5 nitrogen and oxygen atoms in total. The van der Waals surface area contributed by atoms with Crippen LogP contribution in [-0.4, -0.2) is 39.1 Å². The summed E-state index contributed by atoms with van der Waals surface area (Å²) in [6.07, 6.45) is -0.0120. The Balaban J connectivity index is 1.89. The van der Waals surface area contributed by atoms with Crippen molar-refractivity contribution in [2.75, 3.05) is 20.3 Å². The lowest BCUT2D eigenvalue weighted by atomic mass is 10.1. The third kappa shape index (κ3) is 3.77. The highest BCUT2D eigenvalue weighted by Crippen LogP contribution is 2.24. The van der Waals surface area contributed by atoms with E-state index < -0.39 is 10.0 Å². The van der Waals surface area contributed by atoms with Gasteiger partial charge in [0.05, 0.1) is 24.7 Å². The minimum absolute atomic E-state index is 0.0120. The van der Waals surface area contributed by atoms with Gasteiger partial charge >= 0.3 is 0 Å². The quantitative estimate of drug-likeness (QED) is 0.723. The van der Waals surface area contributed by atoms with Gasteiger partial charge in [-0.15, -0.1) is 0 Å². The predicted octanol–water partition coefficient (Wildman–Crippen LogP) is 2.59. The smallest absolute Gasteiger partial charge is 0.243 e. The molecule has 2 aromatic carbocycles. The fraction of sp³-hybridized carbons (Fsp3) is 0.333. The monoisotopic (exact) mass is 347 g/mol. The van der Waals surface area contributed by atoms with Gasteiger partial charge in [-0.3, -0.25) is 0 Å². The van der Waals surface area contributed by atoms with Crippen molar-refractivity contribution >= 4 is 10.0 Å². The van der Waals surface area contributed by atoms with Gasteiger partial charge in [-0.25, -0.2) is 8.42 Å². The van der Waals surface area contributed by atoms with E-state index in [-0.39, 0.29) is 11.0 Å². The second kappa shape index (κ2) is 6.93. The number of hydrogen-bond acceptors (Lipinski definition) is 4. The van der Waals surface area contributed by atoms with Gasteiger partial charge in [0.25, 0.3) is 0 Å². The Morgan fingerprint density at radius 3 is 2.42 bits per heavy atom. The van der Waals surface area contributed by atoms with E-state index in [0.29, 0.717) is 25.4 Å². The van der Waals surface area contributed by atoms with Crippen molar-refractivity contribution in [3.8, 4) is 5.75 Å². The van der Waals surface area contributed by atoms with Gasteiger partial charge in [-0.05, 0) is 42.3 Å². The normalized spacial score (nSPS) is 17.0. The largest absolute Gasteiger partial charge is 0.497 e. The van der Waals surface area contributed by atoms with Crippen molar-refractivity contribution in [2.24, 2.45) is 0 Å². The van der Waals surface area contributed by atoms with Gasteiger partial charge in [0.1, 0.15) is 5.75 Å². The number of rotatable bonds is 7. The Morgan fingerprint density at radius 2 is 1.83 bits per heavy atom. The first-order valence-electron chi connectivity index (χ1n) is 7.81. The molecule has 2 aromatic rings. The average Bonchev–Trinajstić information content (AvgIpc) is 3.40. The summed E-state index contributed by atoms with van der Waals surface area (Å²) in [7, 11) is -2.04. The Hall–Kier alpha value is -1.89. The number of hydrogen-bond donors (Lipinski definition) is 0. The molecule has 0 aromatic heterocycles. The standard InChI is InChI=1S/C18H21NO4S/c1-14-5-3-4-6-15(14)11-19(12-17-13-23-17)24(20,21)18-9-7-16(22-2)8-10-18/h3-10,17H,11-13H2,1-2H3. The van der Waals surface area contributed by atoms with Crippen LogP contribution < -0.4 is 4.74 Å². The summed E-state index contributed by atoms with van der Waals surface area (Å²) in [6, 6.07) is 14.3. The minimum atomic E-state index is -3.60. The van der Waals surface area contributed by atoms with Crippen molar-refractivity contribution in [3.05, 3.63) is 59.7 Å². The van der Waals surface area contributed by atoms with E-state index in [9.17, 15) is 8.42 Å². The van der Waals surface area contributed by atoms with E-state index in [1.165, 1.54) is 4.31 Å². The van der Waals surface area contributed by atoms with Gasteiger partial charge in [0.15, 0.2) is 0 Å². The average molecular weight is 347 g/mol. The van der Waals surface area contributed by atoms with Gasteiger partial charge in [-0.1, -0.05) is 24.3 Å². The predicted molar refractivity (Wildman–Crippen MR) is 91.5 cm³/mol. The van der Waals surface area contributed by atoms with Gasteiger partial charge in [0, 0.05) is 13.1 Å². The highest BCUT2D eigenvalue weighted by molar-refractivity contribution is 7.89. The molecule has 0 radical (unpaired) electrons. The summed E-state index contributed by atoms with van der Waals surface area (Å²) >= 11 is 0. The highest BCUT2D eigenvalue weighted by Gasteiger charge is 2.33. The summed E-state index contributed by atoms with van der Waals surface area (Å²) in [4.78, 5) is 0.262. The molecule has 0 aliphatic carbocycles. The molecular formula is C18H21NO4S. The second-order valence-corrected chi connectivity index (χ2v) is 7.79.